The first-order valence-electron chi connectivity index (χ1n) is 7.24. The Morgan fingerprint density at radius 2 is 2.24 bits per heavy atom. The fraction of sp³-hybridized carbons (Fsp3) is 0.600. The third-order valence-electron chi connectivity index (χ3n) is 3.36. The minimum absolute atomic E-state index is 0.0899. The van der Waals surface area contributed by atoms with Crippen LogP contribution in [0.1, 0.15) is 37.6 Å². The van der Waals surface area contributed by atoms with Crippen molar-refractivity contribution in [3.63, 3.8) is 0 Å². The number of rotatable bonds is 8. The standard InChI is InChI=1S/C15H24ClN3O2/c1-5-11(3)19(7-8-21-4)15(20)12-9-14(17-6-2)18-10-13(12)16/h9-11H,5-8H2,1-4H3,(H,17,18). The molecular formula is C15H24ClN3O2. The predicted molar refractivity (Wildman–Crippen MR) is 86.1 cm³/mol. The van der Waals surface area contributed by atoms with E-state index in [1.165, 1.54) is 6.20 Å². The first-order valence-corrected chi connectivity index (χ1v) is 7.62. The molecule has 0 aromatic carbocycles. The molecular weight excluding hydrogens is 290 g/mol. The van der Waals surface area contributed by atoms with Gasteiger partial charge in [-0.15, -0.1) is 0 Å². The Balaban J connectivity index is 3.04. The summed E-state index contributed by atoms with van der Waals surface area (Å²) in [5.74, 6) is 0.564. The molecule has 1 aromatic heterocycles. The van der Waals surface area contributed by atoms with Crippen molar-refractivity contribution in [2.24, 2.45) is 0 Å². The van der Waals surface area contributed by atoms with Gasteiger partial charge in [-0.2, -0.15) is 0 Å². The monoisotopic (exact) mass is 313 g/mol. The van der Waals surface area contributed by atoms with Gasteiger partial charge in [0.05, 0.1) is 17.2 Å². The number of pyridine rings is 1. The third kappa shape index (κ3) is 4.86. The number of carbonyl (C=O) groups excluding carboxylic acids is 1. The van der Waals surface area contributed by atoms with Crippen molar-refractivity contribution in [1.29, 1.82) is 0 Å². The minimum atomic E-state index is -0.0899. The van der Waals surface area contributed by atoms with Crippen molar-refractivity contribution in [3.8, 4) is 0 Å². The maximum absolute atomic E-state index is 12.8. The Kier molecular flexibility index (Phi) is 7.47. The molecule has 6 heteroatoms. The highest BCUT2D eigenvalue weighted by molar-refractivity contribution is 6.33. The van der Waals surface area contributed by atoms with Gasteiger partial charge < -0.3 is 15.0 Å². The zero-order valence-electron chi connectivity index (χ0n) is 13.1. The molecule has 0 saturated heterocycles. The second kappa shape index (κ2) is 8.85. The second-order valence-corrected chi connectivity index (χ2v) is 5.24. The summed E-state index contributed by atoms with van der Waals surface area (Å²) in [4.78, 5) is 18.7. The highest BCUT2D eigenvalue weighted by Gasteiger charge is 2.22. The largest absolute Gasteiger partial charge is 0.383 e. The van der Waals surface area contributed by atoms with Crippen LogP contribution in [0.4, 0.5) is 5.82 Å². The highest BCUT2D eigenvalue weighted by atomic mass is 35.5. The van der Waals surface area contributed by atoms with Crippen LogP contribution in [0, 0.1) is 0 Å². The lowest BCUT2D eigenvalue weighted by Gasteiger charge is -2.28. The molecule has 0 saturated carbocycles. The molecule has 0 aliphatic carbocycles. The Labute approximate surface area is 131 Å². The van der Waals surface area contributed by atoms with E-state index in [1.807, 2.05) is 13.8 Å². The lowest BCUT2D eigenvalue weighted by atomic mass is 10.1. The summed E-state index contributed by atoms with van der Waals surface area (Å²) in [6.45, 7) is 7.82. The van der Waals surface area contributed by atoms with E-state index in [9.17, 15) is 4.79 Å². The number of nitrogens with zero attached hydrogens (tertiary/aromatic N) is 2. The summed E-state index contributed by atoms with van der Waals surface area (Å²) in [5.41, 5.74) is 0.471. The summed E-state index contributed by atoms with van der Waals surface area (Å²) in [7, 11) is 1.63. The minimum Gasteiger partial charge on any atom is -0.383 e. The number of anilines is 1. The van der Waals surface area contributed by atoms with E-state index in [0.717, 1.165) is 13.0 Å². The molecule has 5 nitrogen and oxygen atoms in total. The Morgan fingerprint density at radius 3 is 2.81 bits per heavy atom. The normalized spacial score (nSPS) is 12.0. The molecule has 0 bridgehead atoms. The fourth-order valence-electron chi connectivity index (χ4n) is 1.97. The summed E-state index contributed by atoms with van der Waals surface area (Å²) in [6, 6.07) is 1.83. The molecule has 1 aromatic rings. The number of ether oxygens (including phenoxy) is 1. The van der Waals surface area contributed by atoms with Gasteiger partial charge in [0, 0.05) is 32.4 Å². The van der Waals surface area contributed by atoms with E-state index in [0.29, 0.717) is 29.6 Å². The molecule has 0 radical (unpaired) electrons. The average molecular weight is 314 g/mol. The van der Waals surface area contributed by atoms with E-state index < -0.39 is 0 Å². The van der Waals surface area contributed by atoms with Crippen LogP contribution >= 0.6 is 11.6 Å². The number of halogens is 1. The van der Waals surface area contributed by atoms with Crippen LogP contribution < -0.4 is 5.32 Å². The van der Waals surface area contributed by atoms with Gasteiger partial charge in [0.1, 0.15) is 5.82 Å². The second-order valence-electron chi connectivity index (χ2n) is 4.83. The molecule has 1 N–H and O–H groups in total. The number of methoxy groups -OCH3 is 1. The molecule has 1 heterocycles. The summed E-state index contributed by atoms with van der Waals surface area (Å²) in [6.07, 6.45) is 2.39. The number of hydrogen-bond acceptors (Lipinski definition) is 4. The van der Waals surface area contributed by atoms with Crippen molar-refractivity contribution in [1.82, 2.24) is 9.88 Å². The SMILES string of the molecule is CCNc1cc(C(=O)N(CCOC)C(C)CC)c(Cl)cn1. The lowest BCUT2D eigenvalue weighted by Crippen LogP contribution is -2.40. The fourth-order valence-corrected chi connectivity index (χ4v) is 2.15. The average Bonchev–Trinajstić information content (AvgIpc) is 2.49. The Morgan fingerprint density at radius 1 is 1.52 bits per heavy atom. The van der Waals surface area contributed by atoms with Gasteiger partial charge in [0.2, 0.25) is 0 Å². The van der Waals surface area contributed by atoms with Gasteiger partial charge in [-0.05, 0) is 26.3 Å². The van der Waals surface area contributed by atoms with Crippen LogP contribution in [0.15, 0.2) is 12.3 Å². The molecule has 0 aliphatic rings. The van der Waals surface area contributed by atoms with Gasteiger partial charge in [-0.25, -0.2) is 4.98 Å². The quantitative estimate of drug-likeness (QED) is 0.801. The van der Waals surface area contributed by atoms with Gasteiger partial charge in [-0.3, -0.25) is 4.79 Å². The molecule has 0 aliphatic heterocycles. The molecule has 0 fully saturated rings. The van der Waals surface area contributed by atoms with Crippen LogP contribution in [0.25, 0.3) is 0 Å². The third-order valence-corrected chi connectivity index (χ3v) is 3.66. The van der Waals surface area contributed by atoms with E-state index in [4.69, 9.17) is 16.3 Å². The summed E-state index contributed by atoms with van der Waals surface area (Å²) >= 11 is 6.15. The van der Waals surface area contributed by atoms with E-state index in [-0.39, 0.29) is 11.9 Å². The Bertz CT molecular complexity index is 468. The van der Waals surface area contributed by atoms with E-state index in [2.05, 4.69) is 17.2 Å². The van der Waals surface area contributed by atoms with Gasteiger partial charge >= 0.3 is 0 Å². The van der Waals surface area contributed by atoms with E-state index in [1.54, 1.807) is 18.1 Å². The smallest absolute Gasteiger partial charge is 0.255 e. The number of nitrogens with one attached hydrogen (secondary N) is 1. The van der Waals surface area contributed by atoms with Crippen molar-refractivity contribution >= 4 is 23.3 Å². The van der Waals surface area contributed by atoms with E-state index >= 15 is 0 Å². The van der Waals surface area contributed by atoms with Crippen LogP contribution in [-0.2, 0) is 4.74 Å². The van der Waals surface area contributed by atoms with Crippen molar-refractivity contribution in [2.45, 2.75) is 33.2 Å². The van der Waals surface area contributed by atoms with Crippen molar-refractivity contribution in [3.05, 3.63) is 22.8 Å². The summed E-state index contributed by atoms with van der Waals surface area (Å²) < 4.78 is 5.09. The molecule has 1 amide bonds. The molecule has 1 rings (SSSR count). The van der Waals surface area contributed by atoms with Crippen molar-refractivity contribution < 1.29 is 9.53 Å². The maximum atomic E-state index is 12.8. The van der Waals surface area contributed by atoms with Crippen LogP contribution in [0.3, 0.4) is 0 Å². The van der Waals surface area contributed by atoms with Crippen LogP contribution in [-0.4, -0.2) is 48.6 Å². The zero-order valence-corrected chi connectivity index (χ0v) is 13.9. The number of hydrogen-bond donors (Lipinski definition) is 1. The first kappa shape index (κ1) is 17.7. The van der Waals surface area contributed by atoms with Gasteiger partial charge in [0.25, 0.3) is 5.91 Å². The molecule has 1 unspecified atom stereocenters. The number of amides is 1. The number of carbonyl (C=O) groups is 1. The predicted octanol–water partition coefficient (Wildman–Crippen LogP) is 3.05. The Hall–Kier alpha value is -1.33. The molecule has 118 valence electrons. The van der Waals surface area contributed by atoms with Gasteiger partial charge in [-0.1, -0.05) is 18.5 Å². The van der Waals surface area contributed by atoms with Gasteiger partial charge in [0.15, 0.2) is 0 Å². The van der Waals surface area contributed by atoms with Crippen LogP contribution in [0.2, 0.25) is 5.02 Å². The first-order chi connectivity index (χ1) is 10.0. The molecule has 0 spiro atoms. The van der Waals surface area contributed by atoms with Crippen LogP contribution in [0.5, 0.6) is 0 Å². The molecule has 21 heavy (non-hydrogen) atoms. The molecule has 1 atom stereocenters. The lowest BCUT2D eigenvalue weighted by molar-refractivity contribution is 0.0614. The maximum Gasteiger partial charge on any atom is 0.255 e. The topological polar surface area (TPSA) is 54.5 Å². The van der Waals surface area contributed by atoms with Crippen molar-refractivity contribution in [2.75, 3.05) is 32.1 Å². The number of aromatic nitrogens is 1. The highest BCUT2D eigenvalue weighted by Crippen LogP contribution is 2.21. The summed E-state index contributed by atoms with van der Waals surface area (Å²) in [5, 5.41) is 3.46. The zero-order chi connectivity index (χ0) is 15.8.